The molecule has 0 saturated carbocycles. The van der Waals surface area contributed by atoms with E-state index in [-0.39, 0.29) is 19.0 Å². The molecule has 4 N–H and O–H groups in total. The van der Waals surface area contributed by atoms with Crippen molar-refractivity contribution < 1.29 is 14.7 Å². The van der Waals surface area contributed by atoms with Gasteiger partial charge in [0, 0.05) is 25.8 Å². The molecule has 1 aromatic rings. The molecule has 0 aliphatic rings. The van der Waals surface area contributed by atoms with E-state index in [0.29, 0.717) is 11.3 Å². The summed E-state index contributed by atoms with van der Waals surface area (Å²) in [5, 5.41) is 11.2. The summed E-state index contributed by atoms with van der Waals surface area (Å²) in [5.41, 5.74) is 6.43. The van der Waals surface area contributed by atoms with E-state index in [9.17, 15) is 9.59 Å². The van der Waals surface area contributed by atoms with Crippen LogP contribution < -0.4 is 11.1 Å². The number of carbonyl (C=O) groups excluding carboxylic acids is 1. The summed E-state index contributed by atoms with van der Waals surface area (Å²) in [6, 6.07) is 6.71. The Labute approximate surface area is 99.0 Å². The third-order valence-corrected chi connectivity index (χ3v) is 2.26. The van der Waals surface area contributed by atoms with Crippen LogP contribution in [0.25, 0.3) is 0 Å². The van der Waals surface area contributed by atoms with Gasteiger partial charge in [-0.2, -0.15) is 0 Å². The molecule has 0 saturated heterocycles. The normalized spacial score (nSPS) is 9.71. The maximum Gasteiger partial charge on any atom is 0.407 e. The zero-order chi connectivity index (χ0) is 12.8. The van der Waals surface area contributed by atoms with E-state index in [1.165, 1.54) is 7.05 Å². The first kappa shape index (κ1) is 12.8. The van der Waals surface area contributed by atoms with Crippen LogP contribution in [0.5, 0.6) is 0 Å². The van der Waals surface area contributed by atoms with Crippen LogP contribution in [0.1, 0.15) is 10.4 Å². The molecule has 1 rings (SSSR count). The minimum atomic E-state index is -1.03. The van der Waals surface area contributed by atoms with Crippen molar-refractivity contribution in [3.63, 3.8) is 0 Å². The third-order valence-electron chi connectivity index (χ3n) is 2.26. The predicted octanol–water partition coefficient (Wildman–Crippen LogP) is 0.608. The molecule has 0 radical (unpaired) electrons. The zero-order valence-corrected chi connectivity index (χ0v) is 9.51. The topological polar surface area (TPSA) is 95.7 Å². The van der Waals surface area contributed by atoms with Crippen LogP contribution in [0.15, 0.2) is 24.3 Å². The molecule has 0 spiro atoms. The Kier molecular flexibility index (Phi) is 4.33. The molecule has 0 heterocycles. The standard InChI is InChI=1S/C11H15N3O3/c1-14(11(16)17)7-6-13-10(15)8-4-2-3-5-9(8)12/h2-5H,6-7,12H2,1H3,(H,13,15)(H,16,17). The van der Waals surface area contributed by atoms with Crippen molar-refractivity contribution in [1.82, 2.24) is 10.2 Å². The number of nitrogens with one attached hydrogen (secondary N) is 1. The fourth-order valence-corrected chi connectivity index (χ4v) is 1.23. The highest BCUT2D eigenvalue weighted by Crippen LogP contribution is 2.09. The molecule has 17 heavy (non-hydrogen) atoms. The van der Waals surface area contributed by atoms with Gasteiger partial charge in [0.25, 0.3) is 5.91 Å². The SMILES string of the molecule is CN(CCNC(=O)c1ccccc1N)C(=O)O. The second-order valence-electron chi connectivity index (χ2n) is 3.55. The molecule has 0 aromatic heterocycles. The number of amides is 2. The minimum Gasteiger partial charge on any atom is -0.465 e. The second kappa shape index (κ2) is 5.74. The highest BCUT2D eigenvalue weighted by atomic mass is 16.4. The quantitative estimate of drug-likeness (QED) is 0.668. The molecule has 1 aromatic carbocycles. The Balaban J connectivity index is 2.46. The van der Waals surface area contributed by atoms with Gasteiger partial charge in [-0.25, -0.2) is 4.79 Å². The van der Waals surface area contributed by atoms with Crippen molar-refractivity contribution in [3.05, 3.63) is 29.8 Å². The lowest BCUT2D eigenvalue weighted by Crippen LogP contribution is -2.35. The number of carboxylic acid groups (broad SMARTS) is 1. The van der Waals surface area contributed by atoms with E-state index in [4.69, 9.17) is 10.8 Å². The zero-order valence-electron chi connectivity index (χ0n) is 9.51. The van der Waals surface area contributed by atoms with Gasteiger partial charge in [0.05, 0.1) is 5.56 Å². The first-order valence-electron chi connectivity index (χ1n) is 5.09. The molecule has 0 bridgehead atoms. The average molecular weight is 237 g/mol. The van der Waals surface area contributed by atoms with Crippen LogP contribution in [0, 0.1) is 0 Å². The first-order valence-corrected chi connectivity index (χ1v) is 5.09. The van der Waals surface area contributed by atoms with E-state index in [2.05, 4.69) is 5.32 Å². The average Bonchev–Trinajstić information content (AvgIpc) is 2.29. The fraction of sp³-hybridized carbons (Fsp3) is 0.273. The van der Waals surface area contributed by atoms with E-state index in [1.54, 1.807) is 24.3 Å². The Bertz CT molecular complexity index is 420. The number of nitrogens with two attached hydrogens (primary N) is 1. The Morgan fingerprint density at radius 3 is 2.65 bits per heavy atom. The molecule has 2 amide bonds. The minimum absolute atomic E-state index is 0.230. The van der Waals surface area contributed by atoms with Gasteiger partial charge in [-0.15, -0.1) is 0 Å². The highest BCUT2D eigenvalue weighted by molar-refractivity contribution is 5.99. The van der Waals surface area contributed by atoms with Crippen molar-refractivity contribution >= 4 is 17.7 Å². The van der Waals surface area contributed by atoms with E-state index >= 15 is 0 Å². The Morgan fingerprint density at radius 2 is 2.06 bits per heavy atom. The van der Waals surface area contributed by atoms with Gasteiger partial charge < -0.3 is 21.1 Å². The highest BCUT2D eigenvalue weighted by Gasteiger charge is 2.09. The van der Waals surface area contributed by atoms with E-state index < -0.39 is 6.09 Å². The lowest BCUT2D eigenvalue weighted by atomic mass is 10.1. The number of rotatable bonds is 4. The molecule has 6 heteroatoms. The number of benzene rings is 1. The lowest BCUT2D eigenvalue weighted by molar-refractivity contribution is 0.0948. The summed E-state index contributed by atoms with van der Waals surface area (Å²) >= 11 is 0. The molecule has 0 aliphatic heterocycles. The number of carbonyl (C=O) groups is 2. The summed E-state index contributed by atoms with van der Waals surface area (Å²) in [6.07, 6.45) is -1.03. The van der Waals surface area contributed by atoms with Gasteiger partial charge in [0.2, 0.25) is 0 Å². The maximum atomic E-state index is 11.7. The number of nitrogens with zero attached hydrogens (tertiary/aromatic N) is 1. The molecule has 0 aliphatic carbocycles. The Morgan fingerprint density at radius 1 is 1.41 bits per heavy atom. The van der Waals surface area contributed by atoms with Gasteiger partial charge in [-0.1, -0.05) is 12.1 Å². The number of hydrogen-bond acceptors (Lipinski definition) is 3. The Hall–Kier alpha value is -2.24. The van der Waals surface area contributed by atoms with Gasteiger partial charge in [-0.3, -0.25) is 4.79 Å². The number of nitrogen functional groups attached to an aromatic ring is 1. The number of para-hydroxylation sites is 1. The fourth-order valence-electron chi connectivity index (χ4n) is 1.23. The van der Waals surface area contributed by atoms with Crippen molar-refractivity contribution in [2.45, 2.75) is 0 Å². The summed E-state index contributed by atoms with van der Waals surface area (Å²) in [4.78, 5) is 23.2. The molecule has 92 valence electrons. The molecule has 0 atom stereocenters. The van der Waals surface area contributed by atoms with Gasteiger partial charge in [-0.05, 0) is 12.1 Å². The summed E-state index contributed by atoms with van der Waals surface area (Å²) in [5.74, 6) is -0.304. The van der Waals surface area contributed by atoms with Crippen molar-refractivity contribution in [3.8, 4) is 0 Å². The largest absolute Gasteiger partial charge is 0.465 e. The number of hydrogen-bond donors (Lipinski definition) is 3. The third kappa shape index (κ3) is 3.67. The van der Waals surface area contributed by atoms with Crippen LogP contribution in [0.3, 0.4) is 0 Å². The molecule has 0 unspecified atom stereocenters. The van der Waals surface area contributed by atoms with Gasteiger partial charge in [0.1, 0.15) is 0 Å². The van der Waals surface area contributed by atoms with Crippen LogP contribution in [-0.2, 0) is 0 Å². The predicted molar refractivity (Wildman–Crippen MR) is 63.8 cm³/mol. The number of likely N-dealkylation sites (N-methyl/N-ethyl adjacent to an activating group) is 1. The van der Waals surface area contributed by atoms with E-state index in [1.807, 2.05) is 0 Å². The smallest absolute Gasteiger partial charge is 0.407 e. The number of anilines is 1. The summed E-state index contributed by atoms with van der Waals surface area (Å²) in [7, 11) is 1.44. The van der Waals surface area contributed by atoms with Crippen molar-refractivity contribution in [1.29, 1.82) is 0 Å². The van der Waals surface area contributed by atoms with Crippen LogP contribution in [0.2, 0.25) is 0 Å². The molecule has 0 fully saturated rings. The molecular formula is C11H15N3O3. The summed E-state index contributed by atoms with van der Waals surface area (Å²) < 4.78 is 0. The first-order chi connectivity index (χ1) is 8.02. The van der Waals surface area contributed by atoms with Crippen LogP contribution in [0.4, 0.5) is 10.5 Å². The lowest BCUT2D eigenvalue weighted by Gasteiger charge is -2.13. The molecule has 6 nitrogen and oxygen atoms in total. The second-order valence-corrected chi connectivity index (χ2v) is 3.55. The monoisotopic (exact) mass is 237 g/mol. The van der Waals surface area contributed by atoms with Gasteiger partial charge in [0.15, 0.2) is 0 Å². The van der Waals surface area contributed by atoms with Crippen LogP contribution in [-0.4, -0.2) is 42.1 Å². The van der Waals surface area contributed by atoms with Crippen LogP contribution >= 0.6 is 0 Å². The van der Waals surface area contributed by atoms with E-state index in [0.717, 1.165) is 4.90 Å². The maximum absolute atomic E-state index is 11.7. The van der Waals surface area contributed by atoms with Crippen molar-refractivity contribution in [2.75, 3.05) is 25.9 Å². The van der Waals surface area contributed by atoms with Gasteiger partial charge >= 0.3 is 6.09 Å². The molecular weight excluding hydrogens is 222 g/mol. The van der Waals surface area contributed by atoms with Crippen molar-refractivity contribution in [2.24, 2.45) is 0 Å². The summed E-state index contributed by atoms with van der Waals surface area (Å²) in [6.45, 7) is 0.476.